The zero-order valence-corrected chi connectivity index (χ0v) is 15.9. The van der Waals surface area contributed by atoms with Crippen molar-refractivity contribution in [1.82, 2.24) is 20.3 Å². The largest absolute Gasteiger partial charge is 0.497 e. The van der Waals surface area contributed by atoms with Crippen molar-refractivity contribution < 1.29 is 23.7 Å². The summed E-state index contributed by atoms with van der Waals surface area (Å²) in [6.45, 7) is 5.88. The van der Waals surface area contributed by atoms with E-state index in [9.17, 15) is 4.79 Å². The highest BCUT2D eigenvalue weighted by Crippen LogP contribution is 2.16. The molecule has 0 bridgehead atoms. The van der Waals surface area contributed by atoms with Crippen LogP contribution in [0, 0.1) is 0 Å². The minimum atomic E-state index is -0.421. The lowest BCUT2D eigenvalue weighted by molar-refractivity contribution is -0.145. The molecule has 0 radical (unpaired) electrons. The van der Waals surface area contributed by atoms with E-state index >= 15 is 0 Å². The fourth-order valence-corrected chi connectivity index (χ4v) is 2.27. The molecule has 0 atom stereocenters. The molecule has 2 aromatic rings. The van der Waals surface area contributed by atoms with Crippen LogP contribution in [0.15, 0.2) is 30.5 Å². The third kappa shape index (κ3) is 6.87. The number of amides is 1. The van der Waals surface area contributed by atoms with Crippen molar-refractivity contribution in [3.05, 3.63) is 36.2 Å². The van der Waals surface area contributed by atoms with Crippen LogP contribution in [0.1, 0.15) is 24.3 Å². The summed E-state index contributed by atoms with van der Waals surface area (Å²) in [7, 11) is 1.61. The fourth-order valence-electron chi connectivity index (χ4n) is 2.27. The molecule has 1 aromatic heterocycles. The topological polar surface area (TPSA) is 96.7 Å². The standard InChI is InChI=1S/C18H26N4O5/c1-4-25-17(26-5-2)13-22-12-16(20-21-22)18(23)19-10-11-27-15-8-6-14(24-3)7-9-15/h6-9,12,17H,4-5,10-11,13H2,1-3H3,(H,19,23). The molecule has 2 rings (SSSR count). The van der Waals surface area contributed by atoms with Gasteiger partial charge >= 0.3 is 0 Å². The maximum absolute atomic E-state index is 12.1. The maximum atomic E-state index is 12.1. The molecular weight excluding hydrogens is 352 g/mol. The van der Waals surface area contributed by atoms with E-state index in [1.54, 1.807) is 25.4 Å². The second-order valence-electron chi connectivity index (χ2n) is 5.45. The number of hydrogen-bond donors (Lipinski definition) is 1. The van der Waals surface area contributed by atoms with E-state index in [1.807, 2.05) is 26.0 Å². The minimum Gasteiger partial charge on any atom is -0.497 e. The molecule has 1 aromatic carbocycles. The highest BCUT2D eigenvalue weighted by atomic mass is 16.7. The lowest BCUT2D eigenvalue weighted by Gasteiger charge is -2.16. The Balaban J connectivity index is 1.74. The Labute approximate surface area is 158 Å². The van der Waals surface area contributed by atoms with Crippen LogP contribution in [0.3, 0.4) is 0 Å². The van der Waals surface area contributed by atoms with Crippen molar-refractivity contribution in [2.45, 2.75) is 26.7 Å². The van der Waals surface area contributed by atoms with Crippen LogP contribution in [-0.2, 0) is 16.0 Å². The van der Waals surface area contributed by atoms with Crippen LogP contribution in [0.4, 0.5) is 0 Å². The Bertz CT molecular complexity index is 683. The zero-order valence-electron chi connectivity index (χ0n) is 15.9. The molecule has 0 saturated heterocycles. The molecule has 27 heavy (non-hydrogen) atoms. The third-order valence-electron chi connectivity index (χ3n) is 3.53. The number of ether oxygens (including phenoxy) is 4. The Kier molecular flexibility index (Phi) is 8.53. The minimum absolute atomic E-state index is 0.228. The number of nitrogens with one attached hydrogen (secondary N) is 1. The monoisotopic (exact) mass is 378 g/mol. The normalized spacial score (nSPS) is 10.8. The van der Waals surface area contributed by atoms with Crippen molar-refractivity contribution in [3.63, 3.8) is 0 Å². The number of aromatic nitrogens is 3. The van der Waals surface area contributed by atoms with Crippen molar-refractivity contribution in [2.75, 3.05) is 33.5 Å². The van der Waals surface area contributed by atoms with Crippen molar-refractivity contribution in [3.8, 4) is 11.5 Å². The highest BCUT2D eigenvalue weighted by Gasteiger charge is 2.14. The van der Waals surface area contributed by atoms with E-state index in [0.717, 1.165) is 5.75 Å². The lowest BCUT2D eigenvalue weighted by atomic mass is 10.3. The lowest BCUT2D eigenvalue weighted by Crippen LogP contribution is -2.28. The molecule has 148 valence electrons. The van der Waals surface area contributed by atoms with Gasteiger partial charge in [-0.25, -0.2) is 4.68 Å². The molecule has 0 saturated carbocycles. The number of carbonyl (C=O) groups is 1. The van der Waals surface area contributed by atoms with Gasteiger partial charge in [-0.3, -0.25) is 4.79 Å². The van der Waals surface area contributed by atoms with Gasteiger partial charge in [0.25, 0.3) is 5.91 Å². The van der Waals surface area contributed by atoms with Crippen LogP contribution in [-0.4, -0.2) is 60.7 Å². The summed E-state index contributed by atoms with van der Waals surface area (Å²) in [6.07, 6.45) is 1.14. The molecule has 1 heterocycles. The van der Waals surface area contributed by atoms with Gasteiger partial charge in [0.05, 0.1) is 26.4 Å². The van der Waals surface area contributed by atoms with E-state index in [1.165, 1.54) is 4.68 Å². The smallest absolute Gasteiger partial charge is 0.273 e. The van der Waals surface area contributed by atoms with Gasteiger partial charge in [0.2, 0.25) is 0 Å². The third-order valence-corrected chi connectivity index (χ3v) is 3.53. The molecule has 9 nitrogen and oxygen atoms in total. The summed E-state index contributed by atoms with van der Waals surface area (Å²) in [5, 5.41) is 10.6. The first kappa shape index (κ1) is 20.7. The predicted octanol–water partition coefficient (Wildman–Crippen LogP) is 1.49. The molecule has 0 spiro atoms. The van der Waals surface area contributed by atoms with Crippen molar-refractivity contribution in [1.29, 1.82) is 0 Å². The molecule has 1 N–H and O–H groups in total. The molecular formula is C18H26N4O5. The summed E-state index contributed by atoms with van der Waals surface area (Å²) >= 11 is 0. The van der Waals surface area contributed by atoms with Gasteiger partial charge in [-0.05, 0) is 38.1 Å². The second kappa shape index (κ2) is 11.1. The number of methoxy groups -OCH3 is 1. The summed E-state index contributed by atoms with van der Waals surface area (Å²) in [4.78, 5) is 12.1. The number of rotatable bonds is 12. The molecule has 0 aliphatic carbocycles. The van der Waals surface area contributed by atoms with Gasteiger partial charge in [0, 0.05) is 13.2 Å². The maximum Gasteiger partial charge on any atom is 0.273 e. The van der Waals surface area contributed by atoms with Crippen molar-refractivity contribution >= 4 is 5.91 Å². The van der Waals surface area contributed by atoms with E-state index in [0.29, 0.717) is 38.7 Å². The average Bonchev–Trinajstić information content (AvgIpc) is 3.14. The highest BCUT2D eigenvalue weighted by molar-refractivity contribution is 5.91. The van der Waals surface area contributed by atoms with E-state index in [-0.39, 0.29) is 11.6 Å². The number of carbonyl (C=O) groups excluding carboxylic acids is 1. The first-order chi connectivity index (χ1) is 13.2. The summed E-state index contributed by atoms with van der Waals surface area (Å²) in [6, 6.07) is 7.23. The van der Waals surface area contributed by atoms with Gasteiger partial charge in [-0.2, -0.15) is 0 Å². The fraction of sp³-hybridized carbons (Fsp3) is 0.500. The van der Waals surface area contributed by atoms with Crippen LogP contribution in [0.2, 0.25) is 0 Å². The molecule has 0 aliphatic rings. The van der Waals surface area contributed by atoms with Gasteiger partial charge in [-0.1, -0.05) is 5.21 Å². The second-order valence-corrected chi connectivity index (χ2v) is 5.45. The molecule has 0 unspecified atom stereocenters. The predicted molar refractivity (Wildman–Crippen MR) is 97.9 cm³/mol. The first-order valence-corrected chi connectivity index (χ1v) is 8.84. The number of nitrogens with zero attached hydrogens (tertiary/aromatic N) is 3. The Hall–Kier alpha value is -2.65. The quantitative estimate of drug-likeness (QED) is 0.441. The van der Waals surface area contributed by atoms with E-state index in [4.69, 9.17) is 18.9 Å². The Morgan fingerprint density at radius 3 is 2.44 bits per heavy atom. The van der Waals surface area contributed by atoms with E-state index in [2.05, 4.69) is 15.6 Å². The summed E-state index contributed by atoms with van der Waals surface area (Å²) in [5.74, 6) is 1.15. The summed E-state index contributed by atoms with van der Waals surface area (Å²) in [5.41, 5.74) is 0.228. The number of hydrogen-bond acceptors (Lipinski definition) is 7. The van der Waals surface area contributed by atoms with Gasteiger partial charge in [-0.15, -0.1) is 5.10 Å². The Morgan fingerprint density at radius 2 is 1.81 bits per heavy atom. The average molecular weight is 378 g/mol. The Morgan fingerprint density at radius 1 is 1.15 bits per heavy atom. The number of benzene rings is 1. The molecule has 0 aliphatic heterocycles. The van der Waals surface area contributed by atoms with Crippen LogP contribution >= 0.6 is 0 Å². The van der Waals surface area contributed by atoms with Crippen LogP contribution in [0.25, 0.3) is 0 Å². The van der Waals surface area contributed by atoms with E-state index < -0.39 is 6.29 Å². The first-order valence-electron chi connectivity index (χ1n) is 8.84. The summed E-state index contributed by atoms with van der Waals surface area (Å²) < 4.78 is 23.1. The van der Waals surface area contributed by atoms with Crippen LogP contribution in [0.5, 0.6) is 11.5 Å². The van der Waals surface area contributed by atoms with Gasteiger partial charge in [0.1, 0.15) is 18.1 Å². The molecule has 0 fully saturated rings. The zero-order chi connectivity index (χ0) is 19.5. The molecule has 1 amide bonds. The SMILES string of the molecule is CCOC(Cn1cc(C(=O)NCCOc2ccc(OC)cc2)nn1)OCC. The van der Waals surface area contributed by atoms with Gasteiger partial charge in [0.15, 0.2) is 12.0 Å². The molecule has 9 heteroatoms. The van der Waals surface area contributed by atoms with Gasteiger partial charge < -0.3 is 24.3 Å². The van der Waals surface area contributed by atoms with Crippen molar-refractivity contribution in [2.24, 2.45) is 0 Å². The van der Waals surface area contributed by atoms with Crippen LogP contribution < -0.4 is 14.8 Å².